The zero-order chi connectivity index (χ0) is 30.3. The number of rotatable bonds is 7. The Labute approximate surface area is 269 Å². The van der Waals surface area contributed by atoms with Gasteiger partial charge in [0.2, 0.25) is 0 Å². The van der Waals surface area contributed by atoms with Crippen molar-refractivity contribution < 1.29 is 4.74 Å². The predicted octanol–water partition coefficient (Wildman–Crippen LogP) is 9.55. The van der Waals surface area contributed by atoms with Gasteiger partial charge in [-0.25, -0.2) is 9.97 Å². The van der Waals surface area contributed by atoms with Crippen LogP contribution in [0.1, 0.15) is 0 Å². The molecule has 0 atom stereocenters. The van der Waals surface area contributed by atoms with E-state index in [-0.39, 0.29) is 0 Å². The Bertz CT molecular complexity index is 1910. The maximum atomic E-state index is 5.22. The molecule has 0 N–H and O–H groups in total. The van der Waals surface area contributed by atoms with Crippen molar-refractivity contribution in [3.63, 3.8) is 0 Å². The van der Waals surface area contributed by atoms with Gasteiger partial charge in [-0.2, -0.15) is 0 Å². The number of hydrogen-bond acceptors (Lipinski definition) is 9. The number of methoxy groups -OCH3 is 1. The quantitative estimate of drug-likeness (QED) is 0.175. The summed E-state index contributed by atoms with van der Waals surface area (Å²) in [5.74, 6) is 0.873. The Balaban J connectivity index is 0.000000159. The smallest absolute Gasteiger partial charge is 0.142 e. The second kappa shape index (κ2) is 13.7. The largest absolute Gasteiger partial charge is 0.497 e. The van der Waals surface area contributed by atoms with Crippen LogP contribution in [0.5, 0.6) is 5.75 Å². The molecule has 0 saturated heterocycles. The van der Waals surface area contributed by atoms with Crippen molar-refractivity contribution in [3.05, 3.63) is 122 Å². The molecule has 0 spiro atoms. The third kappa shape index (κ3) is 6.92. The second-order valence-electron chi connectivity index (χ2n) is 9.82. The molecule has 0 aliphatic rings. The van der Waals surface area contributed by atoms with E-state index < -0.39 is 0 Å². The number of nitrogens with zero attached hydrogens (tertiary/aromatic N) is 5. The van der Waals surface area contributed by atoms with E-state index in [1.165, 1.54) is 31.4 Å². The van der Waals surface area contributed by atoms with Crippen LogP contribution >= 0.6 is 34.0 Å². The normalized spacial score (nSPS) is 10.6. The minimum absolute atomic E-state index is 0.873. The van der Waals surface area contributed by atoms with E-state index in [0.29, 0.717) is 0 Å². The molecule has 7 aromatic rings. The summed E-state index contributed by atoms with van der Waals surface area (Å²) < 4.78 is 5.22. The fraction of sp³-hybridized carbons (Fsp3) is 0.0857. The first-order chi connectivity index (χ1) is 21.6. The standard InChI is InChI=1S/C19H14N2OS2.C16H15N3S/c1-22-14-7-5-13(6-8-14)16-9-10-17(23-16)18-12-21-19(24-18)15-4-2-3-11-20-15;1-19(2)13-8-6-12(7-9-13)15-11-18-16(20-15)14-5-3-4-10-17-14/h2-12H,1H3;3-11H,1-2H3. The SMILES string of the molecule is CN(C)c1ccc(-c2cnc(-c3ccccn3)s2)cc1.COc1ccc(-c2ccc(-c3cnc(-c4ccccn4)s3)s2)cc1. The molecule has 0 aliphatic heterocycles. The first-order valence-electron chi connectivity index (χ1n) is 13.8. The van der Waals surface area contributed by atoms with E-state index in [1.54, 1.807) is 53.5 Å². The summed E-state index contributed by atoms with van der Waals surface area (Å²) in [4.78, 5) is 24.6. The number of ether oxygens (including phenoxy) is 1. The van der Waals surface area contributed by atoms with E-state index in [9.17, 15) is 0 Å². The first-order valence-corrected chi connectivity index (χ1v) is 16.3. The van der Waals surface area contributed by atoms with Crippen molar-refractivity contribution in [1.29, 1.82) is 0 Å². The average Bonchev–Trinajstić information content (AvgIpc) is 3.88. The van der Waals surface area contributed by atoms with Crippen molar-refractivity contribution >= 4 is 39.7 Å². The summed E-state index contributed by atoms with van der Waals surface area (Å²) in [5.41, 5.74) is 5.43. The lowest BCUT2D eigenvalue weighted by Crippen LogP contribution is -2.07. The van der Waals surface area contributed by atoms with Crippen LogP contribution in [-0.2, 0) is 0 Å². The minimum atomic E-state index is 0.873. The van der Waals surface area contributed by atoms with Crippen molar-refractivity contribution in [1.82, 2.24) is 19.9 Å². The lowest BCUT2D eigenvalue weighted by Gasteiger charge is -2.12. The molecular formula is C35H29N5OS3. The molecule has 0 fully saturated rings. The van der Waals surface area contributed by atoms with Gasteiger partial charge in [0.05, 0.1) is 28.3 Å². The molecule has 0 amide bonds. The number of pyridine rings is 2. The molecule has 5 heterocycles. The Morgan fingerprint density at radius 1 is 0.523 bits per heavy atom. The molecule has 9 heteroatoms. The zero-order valence-corrected chi connectivity index (χ0v) is 26.9. The number of anilines is 1. The van der Waals surface area contributed by atoms with Gasteiger partial charge in [-0.05, 0) is 83.9 Å². The summed E-state index contributed by atoms with van der Waals surface area (Å²) in [5, 5.41) is 1.90. The van der Waals surface area contributed by atoms with E-state index in [0.717, 1.165) is 32.0 Å². The van der Waals surface area contributed by atoms with Gasteiger partial charge in [0.25, 0.3) is 0 Å². The molecule has 44 heavy (non-hydrogen) atoms. The summed E-state index contributed by atoms with van der Waals surface area (Å²) in [7, 11) is 5.77. The molecule has 218 valence electrons. The van der Waals surface area contributed by atoms with E-state index in [1.807, 2.05) is 75.0 Å². The predicted molar refractivity (Wildman–Crippen MR) is 186 cm³/mol. The van der Waals surface area contributed by atoms with E-state index >= 15 is 0 Å². The highest BCUT2D eigenvalue weighted by Crippen LogP contribution is 2.39. The molecule has 0 bridgehead atoms. The van der Waals surface area contributed by atoms with Crippen LogP contribution in [0, 0.1) is 0 Å². The molecular weight excluding hydrogens is 603 g/mol. The third-order valence-electron chi connectivity index (χ3n) is 6.67. The molecule has 7 rings (SSSR count). The van der Waals surface area contributed by atoms with Crippen molar-refractivity contribution in [2.75, 3.05) is 26.1 Å². The highest BCUT2D eigenvalue weighted by Gasteiger charge is 2.11. The Morgan fingerprint density at radius 3 is 1.64 bits per heavy atom. The summed E-state index contributed by atoms with van der Waals surface area (Å²) in [6.07, 6.45) is 7.43. The Kier molecular flexibility index (Phi) is 9.17. The number of benzene rings is 2. The maximum absolute atomic E-state index is 5.22. The van der Waals surface area contributed by atoms with Crippen LogP contribution in [0.2, 0.25) is 0 Å². The number of hydrogen-bond donors (Lipinski definition) is 0. The average molecular weight is 632 g/mol. The number of thiazole rings is 2. The molecule has 0 unspecified atom stereocenters. The fourth-order valence-electron chi connectivity index (χ4n) is 4.32. The Hall–Kier alpha value is -4.70. The first kappa shape index (κ1) is 29.4. The fourth-order valence-corrected chi connectivity index (χ4v) is 7.19. The minimum Gasteiger partial charge on any atom is -0.497 e. The monoisotopic (exact) mass is 631 g/mol. The summed E-state index contributed by atoms with van der Waals surface area (Å²) in [6.45, 7) is 0. The van der Waals surface area contributed by atoms with Crippen LogP contribution < -0.4 is 9.64 Å². The Morgan fingerprint density at radius 2 is 1.07 bits per heavy atom. The zero-order valence-electron chi connectivity index (χ0n) is 24.4. The van der Waals surface area contributed by atoms with Crippen molar-refractivity contribution in [2.45, 2.75) is 0 Å². The molecule has 5 aromatic heterocycles. The number of aromatic nitrogens is 4. The van der Waals surface area contributed by atoms with Gasteiger partial charge in [-0.1, -0.05) is 24.3 Å². The van der Waals surface area contributed by atoms with Crippen LogP contribution in [0.25, 0.3) is 52.0 Å². The molecule has 2 aromatic carbocycles. The van der Waals surface area contributed by atoms with Gasteiger partial charge in [-0.15, -0.1) is 34.0 Å². The van der Waals surface area contributed by atoms with E-state index in [2.05, 4.69) is 73.4 Å². The van der Waals surface area contributed by atoms with Crippen LogP contribution in [0.4, 0.5) is 5.69 Å². The van der Waals surface area contributed by atoms with Gasteiger partial charge in [0, 0.05) is 54.3 Å². The number of thiophene rings is 1. The van der Waals surface area contributed by atoms with Gasteiger partial charge in [0.1, 0.15) is 15.8 Å². The van der Waals surface area contributed by atoms with Gasteiger partial charge in [0.15, 0.2) is 0 Å². The van der Waals surface area contributed by atoms with Crippen molar-refractivity contribution in [2.24, 2.45) is 0 Å². The molecule has 6 nitrogen and oxygen atoms in total. The lowest BCUT2D eigenvalue weighted by molar-refractivity contribution is 0.415. The maximum Gasteiger partial charge on any atom is 0.142 e. The lowest BCUT2D eigenvalue weighted by atomic mass is 10.2. The molecule has 0 aliphatic carbocycles. The molecule has 0 radical (unpaired) electrons. The molecule has 0 saturated carbocycles. The van der Waals surface area contributed by atoms with Gasteiger partial charge >= 0.3 is 0 Å². The van der Waals surface area contributed by atoms with Crippen LogP contribution in [-0.4, -0.2) is 41.1 Å². The van der Waals surface area contributed by atoms with E-state index in [4.69, 9.17) is 4.74 Å². The van der Waals surface area contributed by atoms with Gasteiger partial charge < -0.3 is 9.64 Å². The third-order valence-corrected chi connectivity index (χ3v) is 10.1. The summed E-state index contributed by atoms with van der Waals surface area (Å²) in [6, 6.07) is 32.7. The van der Waals surface area contributed by atoms with Crippen LogP contribution in [0.15, 0.2) is 122 Å². The topological polar surface area (TPSA) is 64.0 Å². The summed E-state index contributed by atoms with van der Waals surface area (Å²) >= 11 is 5.11. The highest BCUT2D eigenvalue weighted by atomic mass is 32.1. The van der Waals surface area contributed by atoms with Crippen LogP contribution in [0.3, 0.4) is 0 Å². The van der Waals surface area contributed by atoms with Crippen molar-refractivity contribution in [3.8, 4) is 57.8 Å². The second-order valence-corrected chi connectivity index (χ2v) is 13.0. The van der Waals surface area contributed by atoms with Gasteiger partial charge in [-0.3, -0.25) is 9.97 Å². The highest BCUT2D eigenvalue weighted by molar-refractivity contribution is 7.25.